The summed E-state index contributed by atoms with van der Waals surface area (Å²) in [7, 11) is 0. The highest BCUT2D eigenvalue weighted by Gasteiger charge is 2.44. The Kier molecular flexibility index (Phi) is 3.13. The van der Waals surface area contributed by atoms with Crippen LogP contribution in [0.15, 0.2) is 34.9 Å². The molecule has 4 nitrogen and oxygen atoms in total. The number of benzene rings is 1. The van der Waals surface area contributed by atoms with E-state index in [0.29, 0.717) is 17.7 Å². The first kappa shape index (κ1) is 13.3. The lowest BCUT2D eigenvalue weighted by atomic mass is 9.87. The molecular weight excluding hydrogens is 250 g/mol. The van der Waals surface area contributed by atoms with Gasteiger partial charge in [0.25, 0.3) is 0 Å². The summed E-state index contributed by atoms with van der Waals surface area (Å²) in [6, 6.07) is 10.3. The topological polar surface area (TPSA) is 64.9 Å². The number of hydrogen-bond donors (Lipinski definition) is 1. The normalized spacial score (nSPS) is 23.6. The lowest BCUT2D eigenvalue weighted by Crippen LogP contribution is -2.27. The number of rotatable bonds is 3. The molecule has 1 fully saturated rings. The summed E-state index contributed by atoms with van der Waals surface area (Å²) in [4.78, 5) is 4.51. The molecule has 106 valence electrons. The van der Waals surface area contributed by atoms with Gasteiger partial charge in [-0.3, -0.25) is 0 Å². The minimum absolute atomic E-state index is 0.0659. The third kappa shape index (κ3) is 2.48. The third-order valence-corrected chi connectivity index (χ3v) is 4.00. The zero-order chi connectivity index (χ0) is 14.3. The molecule has 0 saturated heterocycles. The van der Waals surface area contributed by atoms with Crippen LogP contribution in [0.2, 0.25) is 0 Å². The zero-order valence-electron chi connectivity index (χ0n) is 12.2. The second-order valence-electron chi connectivity index (χ2n) is 6.69. The van der Waals surface area contributed by atoms with Gasteiger partial charge in [0.05, 0.1) is 6.04 Å². The molecule has 20 heavy (non-hydrogen) atoms. The molecule has 1 heterocycles. The van der Waals surface area contributed by atoms with Gasteiger partial charge in [0, 0.05) is 5.92 Å². The fourth-order valence-corrected chi connectivity index (χ4v) is 2.45. The SMILES string of the molecule is CC(C)(C)C(N)c1noc(C2CC2c2ccccc2)n1. The summed E-state index contributed by atoms with van der Waals surface area (Å²) in [5.41, 5.74) is 7.45. The standard InChI is InChI=1S/C16H21N3O/c1-16(2,3)13(17)14-18-15(20-19-14)12-9-11(12)10-7-5-4-6-8-10/h4-8,11-13H,9,17H2,1-3H3. The van der Waals surface area contributed by atoms with Gasteiger partial charge in [-0.2, -0.15) is 4.98 Å². The van der Waals surface area contributed by atoms with Crippen molar-refractivity contribution in [2.75, 3.05) is 0 Å². The van der Waals surface area contributed by atoms with Crippen molar-refractivity contribution in [2.45, 2.75) is 45.1 Å². The number of hydrogen-bond acceptors (Lipinski definition) is 4. The maximum absolute atomic E-state index is 6.17. The molecule has 1 aromatic heterocycles. The molecule has 1 aliphatic rings. The molecule has 4 heteroatoms. The van der Waals surface area contributed by atoms with Crippen molar-refractivity contribution in [3.8, 4) is 0 Å². The quantitative estimate of drug-likeness (QED) is 0.929. The second kappa shape index (κ2) is 4.70. The van der Waals surface area contributed by atoms with E-state index in [-0.39, 0.29) is 11.5 Å². The fourth-order valence-electron chi connectivity index (χ4n) is 2.45. The smallest absolute Gasteiger partial charge is 0.230 e. The van der Waals surface area contributed by atoms with Crippen LogP contribution in [0.4, 0.5) is 0 Å². The first-order valence-electron chi connectivity index (χ1n) is 7.11. The summed E-state index contributed by atoms with van der Waals surface area (Å²) >= 11 is 0. The van der Waals surface area contributed by atoms with Crippen LogP contribution in [-0.4, -0.2) is 10.1 Å². The van der Waals surface area contributed by atoms with Gasteiger partial charge in [0.1, 0.15) is 0 Å². The summed E-state index contributed by atoms with van der Waals surface area (Å²) in [6.45, 7) is 6.24. The van der Waals surface area contributed by atoms with E-state index in [0.717, 1.165) is 12.3 Å². The van der Waals surface area contributed by atoms with Gasteiger partial charge in [-0.1, -0.05) is 56.3 Å². The van der Waals surface area contributed by atoms with E-state index in [2.05, 4.69) is 55.2 Å². The minimum Gasteiger partial charge on any atom is -0.339 e. The zero-order valence-corrected chi connectivity index (χ0v) is 12.2. The lowest BCUT2D eigenvalue weighted by Gasteiger charge is -2.23. The van der Waals surface area contributed by atoms with Crippen LogP contribution in [0.5, 0.6) is 0 Å². The highest BCUT2D eigenvalue weighted by molar-refractivity contribution is 5.30. The maximum Gasteiger partial charge on any atom is 0.230 e. The van der Waals surface area contributed by atoms with E-state index in [4.69, 9.17) is 10.3 Å². The van der Waals surface area contributed by atoms with Crippen molar-refractivity contribution in [2.24, 2.45) is 11.1 Å². The molecule has 1 aromatic carbocycles. The molecule has 0 radical (unpaired) electrons. The summed E-state index contributed by atoms with van der Waals surface area (Å²) in [5.74, 6) is 2.21. The number of aromatic nitrogens is 2. The second-order valence-corrected chi connectivity index (χ2v) is 6.69. The van der Waals surface area contributed by atoms with Gasteiger partial charge in [-0.25, -0.2) is 0 Å². The molecule has 1 aliphatic carbocycles. The average Bonchev–Trinajstić information content (AvgIpc) is 3.08. The summed E-state index contributed by atoms with van der Waals surface area (Å²) in [6.07, 6.45) is 1.08. The lowest BCUT2D eigenvalue weighted by molar-refractivity contribution is 0.300. The van der Waals surface area contributed by atoms with E-state index in [1.165, 1.54) is 5.56 Å². The largest absolute Gasteiger partial charge is 0.339 e. The average molecular weight is 271 g/mol. The van der Waals surface area contributed by atoms with Gasteiger partial charge >= 0.3 is 0 Å². The molecule has 1 saturated carbocycles. The number of nitrogens with zero attached hydrogens (tertiary/aromatic N) is 2. The van der Waals surface area contributed by atoms with Crippen LogP contribution in [0, 0.1) is 5.41 Å². The Balaban J connectivity index is 1.74. The molecule has 3 atom stereocenters. The predicted molar refractivity (Wildman–Crippen MR) is 77.2 cm³/mol. The molecule has 3 rings (SSSR count). The molecular formula is C16H21N3O. The van der Waals surface area contributed by atoms with Crippen molar-refractivity contribution in [1.82, 2.24) is 10.1 Å². The first-order chi connectivity index (χ1) is 9.47. The highest BCUT2D eigenvalue weighted by atomic mass is 16.5. The first-order valence-corrected chi connectivity index (χ1v) is 7.11. The fraction of sp³-hybridized carbons (Fsp3) is 0.500. The van der Waals surface area contributed by atoms with Crippen LogP contribution >= 0.6 is 0 Å². The molecule has 3 unspecified atom stereocenters. The van der Waals surface area contributed by atoms with Crippen molar-refractivity contribution in [1.29, 1.82) is 0 Å². The van der Waals surface area contributed by atoms with Gasteiger partial charge in [0.15, 0.2) is 5.82 Å². The molecule has 0 amide bonds. The third-order valence-electron chi connectivity index (χ3n) is 4.00. The predicted octanol–water partition coefficient (Wildman–Crippen LogP) is 3.39. The van der Waals surface area contributed by atoms with Gasteiger partial charge in [-0.05, 0) is 23.3 Å². The van der Waals surface area contributed by atoms with Crippen LogP contribution in [0.1, 0.15) is 62.3 Å². The van der Waals surface area contributed by atoms with Crippen LogP contribution in [0.25, 0.3) is 0 Å². The van der Waals surface area contributed by atoms with E-state index < -0.39 is 0 Å². The highest BCUT2D eigenvalue weighted by Crippen LogP contribution is 2.54. The Labute approximate surface area is 119 Å². The monoisotopic (exact) mass is 271 g/mol. The molecule has 0 spiro atoms. The minimum atomic E-state index is -0.200. The molecule has 2 aromatic rings. The number of nitrogens with two attached hydrogens (primary N) is 1. The van der Waals surface area contributed by atoms with Crippen molar-refractivity contribution in [3.05, 3.63) is 47.6 Å². The molecule has 2 N–H and O–H groups in total. The van der Waals surface area contributed by atoms with Crippen molar-refractivity contribution in [3.63, 3.8) is 0 Å². The van der Waals surface area contributed by atoms with Gasteiger partial charge < -0.3 is 10.3 Å². The Morgan fingerprint density at radius 3 is 2.55 bits per heavy atom. The Bertz CT molecular complexity index is 585. The van der Waals surface area contributed by atoms with Crippen LogP contribution in [-0.2, 0) is 0 Å². The Hall–Kier alpha value is -1.68. The van der Waals surface area contributed by atoms with Crippen molar-refractivity contribution < 1.29 is 4.52 Å². The Morgan fingerprint density at radius 2 is 1.90 bits per heavy atom. The van der Waals surface area contributed by atoms with E-state index in [1.807, 2.05) is 6.07 Å². The van der Waals surface area contributed by atoms with E-state index in [9.17, 15) is 0 Å². The molecule has 0 aliphatic heterocycles. The van der Waals surface area contributed by atoms with Crippen LogP contribution in [0.3, 0.4) is 0 Å². The summed E-state index contributed by atoms with van der Waals surface area (Å²) < 4.78 is 5.42. The van der Waals surface area contributed by atoms with E-state index in [1.54, 1.807) is 0 Å². The van der Waals surface area contributed by atoms with Crippen LogP contribution < -0.4 is 5.73 Å². The molecule has 0 bridgehead atoms. The van der Waals surface area contributed by atoms with Crippen molar-refractivity contribution >= 4 is 0 Å². The Morgan fingerprint density at radius 1 is 1.20 bits per heavy atom. The van der Waals surface area contributed by atoms with Gasteiger partial charge in [0.2, 0.25) is 5.89 Å². The van der Waals surface area contributed by atoms with E-state index >= 15 is 0 Å². The summed E-state index contributed by atoms with van der Waals surface area (Å²) in [5, 5.41) is 4.06. The maximum atomic E-state index is 6.17. The van der Waals surface area contributed by atoms with Gasteiger partial charge in [-0.15, -0.1) is 0 Å².